The fraction of sp³-hybridized carbons (Fsp3) is 0.0952. The van der Waals surface area contributed by atoms with E-state index in [0.717, 1.165) is 21.9 Å². The molecular formula is C21H18N4O2S. The summed E-state index contributed by atoms with van der Waals surface area (Å²) in [6.07, 6.45) is 1.78. The Labute approximate surface area is 167 Å². The first-order valence-corrected chi connectivity index (χ1v) is 9.04. The van der Waals surface area contributed by atoms with Gasteiger partial charge in [-0.15, -0.1) is 0 Å². The lowest BCUT2D eigenvalue weighted by Gasteiger charge is -2.09. The lowest BCUT2D eigenvalue weighted by molar-refractivity contribution is 0.395. The van der Waals surface area contributed by atoms with Crippen molar-refractivity contribution >= 4 is 29.2 Å². The zero-order chi connectivity index (χ0) is 19.5. The van der Waals surface area contributed by atoms with Crippen molar-refractivity contribution in [3.05, 3.63) is 71.0 Å². The Bertz CT molecular complexity index is 1220. The van der Waals surface area contributed by atoms with Crippen LogP contribution in [0.2, 0.25) is 0 Å². The van der Waals surface area contributed by atoms with Gasteiger partial charge in [0, 0.05) is 11.6 Å². The predicted octanol–water partition coefficient (Wildman–Crippen LogP) is 4.66. The summed E-state index contributed by atoms with van der Waals surface area (Å²) in [5.74, 6) is 1.87. The minimum Gasteiger partial charge on any atom is -0.497 e. The molecule has 0 saturated heterocycles. The molecule has 1 N–H and O–H groups in total. The molecule has 0 atom stereocenters. The van der Waals surface area contributed by atoms with Crippen LogP contribution in [0.3, 0.4) is 0 Å². The molecule has 7 heteroatoms. The molecule has 0 aliphatic heterocycles. The first-order valence-electron chi connectivity index (χ1n) is 8.63. The summed E-state index contributed by atoms with van der Waals surface area (Å²) >= 11 is 5.38. The predicted molar refractivity (Wildman–Crippen MR) is 113 cm³/mol. The number of fused-ring (bicyclic) bond motifs is 1. The highest BCUT2D eigenvalue weighted by molar-refractivity contribution is 7.71. The Hall–Kier alpha value is -3.45. The average Bonchev–Trinajstić information content (AvgIpc) is 3.11. The van der Waals surface area contributed by atoms with E-state index >= 15 is 0 Å². The Morgan fingerprint density at radius 2 is 1.86 bits per heavy atom. The normalized spacial score (nSPS) is 11.2. The van der Waals surface area contributed by atoms with Gasteiger partial charge in [0.2, 0.25) is 4.77 Å². The number of ether oxygens (including phenoxy) is 2. The van der Waals surface area contributed by atoms with Crippen molar-refractivity contribution in [2.75, 3.05) is 14.2 Å². The average molecular weight is 390 g/mol. The van der Waals surface area contributed by atoms with Gasteiger partial charge in [0.05, 0.1) is 26.0 Å². The van der Waals surface area contributed by atoms with E-state index in [1.165, 1.54) is 0 Å². The Balaban J connectivity index is 1.80. The van der Waals surface area contributed by atoms with Crippen LogP contribution < -0.4 is 9.47 Å². The zero-order valence-electron chi connectivity index (χ0n) is 15.4. The first kappa shape index (κ1) is 17.9. The molecular weight excluding hydrogens is 372 g/mol. The number of rotatable bonds is 5. The SMILES string of the molecule is COc1ccc(-c2n[nH]c(=S)n2/N=C\c2cccc3ccccc23)c(OC)c1. The van der Waals surface area contributed by atoms with E-state index in [1.807, 2.05) is 36.4 Å². The molecule has 0 aliphatic carbocycles. The Kier molecular flexibility index (Phi) is 4.90. The summed E-state index contributed by atoms with van der Waals surface area (Å²) in [7, 11) is 3.21. The number of aromatic nitrogens is 3. The monoisotopic (exact) mass is 390 g/mol. The van der Waals surface area contributed by atoms with E-state index in [0.29, 0.717) is 22.1 Å². The van der Waals surface area contributed by atoms with E-state index in [2.05, 4.69) is 33.5 Å². The van der Waals surface area contributed by atoms with Gasteiger partial charge < -0.3 is 9.47 Å². The van der Waals surface area contributed by atoms with Gasteiger partial charge in [-0.2, -0.15) is 14.9 Å². The van der Waals surface area contributed by atoms with Gasteiger partial charge >= 0.3 is 0 Å². The highest BCUT2D eigenvalue weighted by Gasteiger charge is 2.14. The van der Waals surface area contributed by atoms with Crippen LogP contribution in [0.1, 0.15) is 5.56 Å². The standard InChI is InChI=1S/C21H18N4O2S/c1-26-16-10-11-18(19(12-16)27-2)20-23-24-21(28)25(20)22-13-15-8-5-7-14-6-3-4-9-17(14)15/h3-13H,1-2H3,(H,24,28)/b22-13-. The second-order valence-electron chi connectivity index (χ2n) is 6.04. The second kappa shape index (κ2) is 7.66. The molecule has 0 unspecified atom stereocenters. The van der Waals surface area contributed by atoms with Crippen LogP contribution in [-0.4, -0.2) is 35.3 Å². The van der Waals surface area contributed by atoms with Crippen LogP contribution in [0.4, 0.5) is 0 Å². The lowest BCUT2D eigenvalue weighted by Crippen LogP contribution is -1.98. The number of aromatic amines is 1. The molecule has 0 radical (unpaired) electrons. The molecule has 0 spiro atoms. The molecule has 0 aliphatic rings. The molecule has 6 nitrogen and oxygen atoms in total. The Morgan fingerprint density at radius 3 is 2.68 bits per heavy atom. The number of hydrogen-bond donors (Lipinski definition) is 1. The number of nitrogens with zero attached hydrogens (tertiary/aromatic N) is 3. The number of benzene rings is 3. The lowest BCUT2D eigenvalue weighted by atomic mass is 10.1. The van der Waals surface area contributed by atoms with Crippen molar-refractivity contribution in [2.24, 2.45) is 5.10 Å². The molecule has 4 rings (SSSR count). The van der Waals surface area contributed by atoms with E-state index in [-0.39, 0.29) is 0 Å². The molecule has 1 aromatic heterocycles. The number of methoxy groups -OCH3 is 2. The fourth-order valence-corrected chi connectivity index (χ4v) is 3.22. The molecule has 0 fully saturated rings. The molecule has 0 bridgehead atoms. The van der Waals surface area contributed by atoms with Crippen LogP contribution >= 0.6 is 12.2 Å². The third-order valence-electron chi connectivity index (χ3n) is 4.44. The second-order valence-corrected chi connectivity index (χ2v) is 6.43. The molecule has 1 heterocycles. The summed E-state index contributed by atoms with van der Waals surface area (Å²) in [5, 5.41) is 14.0. The van der Waals surface area contributed by atoms with Gasteiger partial charge in [-0.05, 0) is 35.1 Å². The van der Waals surface area contributed by atoms with Crippen molar-refractivity contribution in [1.29, 1.82) is 0 Å². The van der Waals surface area contributed by atoms with Gasteiger partial charge in [0.15, 0.2) is 5.82 Å². The minimum atomic E-state index is 0.393. The molecule has 28 heavy (non-hydrogen) atoms. The molecule has 4 aromatic rings. The van der Waals surface area contributed by atoms with Crippen LogP contribution in [0.5, 0.6) is 11.5 Å². The fourth-order valence-electron chi connectivity index (χ4n) is 3.04. The summed E-state index contributed by atoms with van der Waals surface area (Å²) < 4.78 is 12.7. The van der Waals surface area contributed by atoms with Gasteiger partial charge in [-0.3, -0.25) is 0 Å². The maximum Gasteiger partial charge on any atom is 0.216 e. The summed E-state index contributed by atoms with van der Waals surface area (Å²) in [6, 6.07) is 19.8. The van der Waals surface area contributed by atoms with Crippen molar-refractivity contribution in [3.8, 4) is 22.9 Å². The van der Waals surface area contributed by atoms with Crippen molar-refractivity contribution in [1.82, 2.24) is 14.9 Å². The zero-order valence-corrected chi connectivity index (χ0v) is 16.2. The van der Waals surface area contributed by atoms with Crippen LogP contribution in [0, 0.1) is 4.77 Å². The van der Waals surface area contributed by atoms with E-state index in [1.54, 1.807) is 31.2 Å². The summed E-state index contributed by atoms with van der Waals surface area (Å²) in [4.78, 5) is 0. The maximum absolute atomic E-state index is 5.49. The van der Waals surface area contributed by atoms with Crippen LogP contribution in [-0.2, 0) is 0 Å². The van der Waals surface area contributed by atoms with Crippen molar-refractivity contribution in [3.63, 3.8) is 0 Å². The highest BCUT2D eigenvalue weighted by atomic mass is 32.1. The van der Waals surface area contributed by atoms with Gasteiger partial charge in [0.1, 0.15) is 11.5 Å². The smallest absolute Gasteiger partial charge is 0.216 e. The first-order chi connectivity index (χ1) is 13.7. The van der Waals surface area contributed by atoms with Crippen LogP contribution in [0.15, 0.2) is 65.8 Å². The van der Waals surface area contributed by atoms with Gasteiger partial charge in [-0.25, -0.2) is 5.10 Å². The van der Waals surface area contributed by atoms with Crippen molar-refractivity contribution < 1.29 is 9.47 Å². The van der Waals surface area contributed by atoms with Gasteiger partial charge in [-0.1, -0.05) is 42.5 Å². The third kappa shape index (κ3) is 3.27. The van der Waals surface area contributed by atoms with E-state index in [4.69, 9.17) is 21.7 Å². The van der Waals surface area contributed by atoms with Gasteiger partial charge in [0.25, 0.3) is 0 Å². The number of H-pyrrole nitrogens is 1. The molecule has 0 saturated carbocycles. The Morgan fingerprint density at radius 1 is 1.04 bits per heavy atom. The van der Waals surface area contributed by atoms with E-state index < -0.39 is 0 Å². The van der Waals surface area contributed by atoms with E-state index in [9.17, 15) is 0 Å². The summed E-state index contributed by atoms with van der Waals surface area (Å²) in [6.45, 7) is 0. The minimum absolute atomic E-state index is 0.393. The molecule has 3 aromatic carbocycles. The largest absolute Gasteiger partial charge is 0.497 e. The third-order valence-corrected chi connectivity index (χ3v) is 4.70. The van der Waals surface area contributed by atoms with Crippen LogP contribution in [0.25, 0.3) is 22.2 Å². The van der Waals surface area contributed by atoms with Crippen molar-refractivity contribution in [2.45, 2.75) is 0 Å². The maximum atomic E-state index is 5.49. The molecule has 0 amide bonds. The topological polar surface area (TPSA) is 64.4 Å². The number of hydrogen-bond acceptors (Lipinski definition) is 5. The quantitative estimate of drug-likeness (QED) is 0.398. The number of nitrogens with one attached hydrogen (secondary N) is 1. The summed E-state index contributed by atoms with van der Waals surface area (Å²) in [5.41, 5.74) is 1.75. The highest BCUT2D eigenvalue weighted by Crippen LogP contribution is 2.32. The molecule has 140 valence electrons.